The smallest absolute Gasteiger partial charge is 0.326 e. The van der Waals surface area contributed by atoms with Gasteiger partial charge in [-0.15, -0.1) is 0 Å². The maximum atomic E-state index is 11.3. The quantitative estimate of drug-likeness (QED) is 0.858. The number of rotatable bonds is 4. The van der Waals surface area contributed by atoms with Gasteiger partial charge >= 0.3 is 5.97 Å². The average Bonchev–Trinajstić information content (AvgIpc) is 2.16. The number of carboxylic acid groups (broad SMARTS) is 1. The first-order valence-corrected chi connectivity index (χ1v) is 6.45. The van der Waals surface area contributed by atoms with Crippen LogP contribution in [-0.2, 0) is 14.6 Å². The molecule has 1 aromatic rings. The van der Waals surface area contributed by atoms with Gasteiger partial charge in [-0.1, -0.05) is 36.9 Å². The van der Waals surface area contributed by atoms with Crippen LogP contribution >= 0.6 is 0 Å². The highest BCUT2D eigenvalue weighted by Crippen LogP contribution is 2.21. The van der Waals surface area contributed by atoms with Crippen LogP contribution in [0.5, 0.6) is 0 Å². The second-order valence-electron chi connectivity index (χ2n) is 3.44. The summed E-state index contributed by atoms with van der Waals surface area (Å²) in [7, 11) is -3.71. The van der Waals surface area contributed by atoms with E-state index in [2.05, 4.69) is 6.58 Å². The monoisotopic (exact) mass is 240 g/mol. The summed E-state index contributed by atoms with van der Waals surface area (Å²) in [6, 6.07) is 8.41. The van der Waals surface area contributed by atoms with Crippen molar-refractivity contribution in [3.8, 4) is 0 Å². The molecular weight excluding hydrogens is 228 g/mol. The van der Waals surface area contributed by atoms with E-state index in [1.54, 1.807) is 30.3 Å². The van der Waals surface area contributed by atoms with Crippen LogP contribution in [0.1, 0.15) is 5.56 Å². The third-order valence-corrected chi connectivity index (χ3v) is 3.46. The van der Waals surface area contributed by atoms with Crippen molar-refractivity contribution < 1.29 is 18.3 Å². The van der Waals surface area contributed by atoms with E-state index in [0.717, 1.165) is 6.26 Å². The van der Waals surface area contributed by atoms with Crippen LogP contribution in [0, 0.1) is 0 Å². The molecular formula is C11H12O4S. The first-order chi connectivity index (χ1) is 7.34. The highest BCUT2D eigenvalue weighted by molar-refractivity contribution is 7.92. The van der Waals surface area contributed by atoms with Crippen molar-refractivity contribution in [3.05, 3.63) is 42.5 Å². The van der Waals surface area contributed by atoms with E-state index in [1.165, 1.54) is 0 Å². The van der Waals surface area contributed by atoms with Crippen molar-refractivity contribution >= 4 is 21.4 Å². The maximum absolute atomic E-state index is 11.3. The molecule has 0 saturated heterocycles. The number of hydrogen-bond donors (Lipinski definition) is 1. The van der Waals surface area contributed by atoms with E-state index in [-0.39, 0.29) is 5.57 Å². The fraction of sp³-hybridized carbons (Fsp3) is 0.182. The molecule has 0 amide bonds. The van der Waals surface area contributed by atoms with Gasteiger partial charge in [0.25, 0.3) is 0 Å². The van der Waals surface area contributed by atoms with Crippen LogP contribution in [0.2, 0.25) is 0 Å². The lowest BCUT2D eigenvalue weighted by molar-refractivity contribution is -0.135. The maximum Gasteiger partial charge on any atom is 0.326 e. The van der Waals surface area contributed by atoms with E-state index in [0.29, 0.717) is 5.56 Å². The van der Waals surface area contributed by atoms with Crippen molar-refractivity contribution in [2.45, 2.75) is 5.25 Å². The van der Waals surface area contributed by atoms with Crippen LogP contribution in [0.25, 0.3) is 5.57 Å². The van der Waals surface area contributed by atoms with Gasteiger partial charge < -0.3 is 5.11 Å². The lowest BCUT2D eigenvalue weighted by Gasteiger charge is -2.13. The highest BCUT2D eigenvalue weighted by Gasteiger charge is 2.31. The molecule has 0 heterocycles. The minimum atomic E-state index is -3.71. The summed E-state index contributed by atoms with van der Waals surface area (Å²) in [5, 5.41) is 7.31. The Morgan fingerprint density at radius 3 is 2.19 bits per heavy atom. The molecule has 1 aromatic carbocycles. The fourth-order valence-corrected chi connectivity index (χ4v) is 2.41. The predicted octanol–water partition coefficient (Wildman–Crippen LogP) is 1.20. The molecule has 4 nitrogen and oxygen atoms in total. The summed E-state index contributed by atoms with van der Waals surface area (Å²) in [5.41, 5.74) is 0.593. The molecule has 5 heteroatoms. The van der Waals surface area contributed by atoms with Gasteiger partial charge in [0.2, 0.25) is 0 Å². The van der Waals surface area contributed by atoms with Gasteiger partial charge in [0.1, 0.15) is 0 Å². The van der Waals surface area contributed by atoms with E-state index in [4.69, 9.17) is 5.11 Å². The molecule has 1 unspecified atom stereocenters. The molecule has 0 fully saturated rings. The van der Waals surface area contributed by atoms with Crippen molar-refractivity contribution in [1.29, 1.82) is 0 Å². The molecule has 1 N–H and O–H groups in total. The Morgan fingerprint density at radius 2 is 1.81 bits per heavy atom. The van der Waals surface area contributed by atoms with Gasteiger partial charge in [0.15, 0.2) is 15.1 Å². The van der Waals surface area contributed by atoms with Crippen molar-refractivity contribution in [2.24, 2.45) is 0 Å². The number of sulfone groups is 1. The average molecular weight is 240 g/mol. The number of carboxylic acids is 1. The van der Waals surface area contributed by atoms with E-state index in [1.807, 2.05) is 0 Å². The fourth-order valence-electron chi connectivity index (χ4n) is 1.39. The van der Waals surface area contributed by atoms with Crippen LogP contribution in [0.15, 0.2) is 36.9 Å². The molecule has 0 bridgehead atoms. The molecule has 0 saturated carbocycles. The molecule has 0 aliphatic heterocycles. The van der Waals surface area contributed by atoms with E-state index in [9.17, 15) is 13.2 Å². The molecule has 0 aliphatic rings. The summed E-state index contributed by atoms with van der Waals surface area (Å²) in [6.07, 6.45) is 0.889. The Morgan fingerprint density at radius 1 is 1.31 bits per heavy atom. The Balaban J connectivity index is 3.18. The van der Waals surface area contributed by atoms with Crippen LogP contribution in [0.4, 0.5) is 0 Å². The van der Waals surface area contributed by atoms with Gasteiger partial charge in [-0.05, 0) is 11.1 Å². The first-order valence-electron chi connectivity index (χ1n) is 4.50. The van der Waals surface area contributed by atoms with E-state index < -0.39 is 21.1 Å². The highest BCUT2D eigenvalue weighted by atomic mass is 32.2. The standard InChI is InChI=1S/C11H12O4S/c1-8(9-6-4-3-5-7-9)10(11(12)13)16(2,14)15/h3-7,10H,1H2,2H3,(H,12,13). The Kier molecular flexibility index (Phi) is 3.49. The zero-order valence-corrected chi connectivity index (χ0v) is 9.57. The molecule has 0 spiro atoms. The minimum Gasteiger partial charge on any atom is -0.480 e. The summed E-state index contributed by atoms with van der Waals surface area (Å²) in [6.45, 7) is 3.55. The zero-order chi connectivity index (χ0) is 12.3. The zero-order valence-electron chi connectivity index (χ0n) is 8.75. The summed E-state index contributed by atoms with van der Waals surface area (Å²) < 4.78 is 22.7. The summed E-state index contributed by atoms with van der Waals surface area (Å²) in [4.78, 5) is 10.9. The predicted molar refractivity (Wildman–Crippen MR) is 61.7 cm³/mol. The van der Waals surface area contributed by atoms with Gasteiger partial charge in [-0.25, -0.2) is 8.42 Å². The van der Waals surface area contributed by atoms with Gasteiger partial charge in [0.05, 0.1) is 0 Å². The topological polar surface area (TPSA) is 71.4 Å². The van der Waals surface area contributed by atoms with Crippen molar-refractivity contribution in [2.75, 3.05) is 6.26 Å². The third kappa shape index (κ3) is 2.70. The molecule has 0 aliphatic carbocycles. The third-order valence-electron chi connectivity index (χ3n) is 2.11. The molecule has 1 rings (SSSR count). The summed E-state index contributed by atoms with van der Waals surface area (Å²) in [5.74, 6) is -1.41. The van der Waals surface area contributed by atoms with Gasteiger partial charge in [-0.3, -0.25) is 4.79 Å². The van der Waals surface area contributed by atoms with Crippen LogP contribution in [-0.4, -0.2) is 31.0 Å². The lowest BCUT2D eigenvalue weighted by atomic mass is 10.0. The van der Waals surface area contributed by atoms with E-state index >= 15 is 0 Å². The normalized spacial score (nSPS) is 13.1. The SMILES string of the molecule is C=C(c1ccccc1)C(C(=O)O)S(C)(=O)=O. The van der Waals surface area contributed by atoms with Crippen molar-refractivity contribution in [3.63, 3.8) is 0 Å². The van der Waals surface area contributed by atoms with Gasteiger partial charge in [0, 0.05) is 6.26 Å². The second-order valence-corrected chi connectivity index (χ2v) is 5.57. The van der Waals surface area contributed by atoms with Crippen LogP contribution in [0.3, 0.4) is 0 Å². The lowest BCUT2D eigenvalue weighted by Crippen LogP contribution is -2.30. The molecule has 1 atom stereocenters. The largest absolute Gasteiger partial charge is 0.480 e. The number of hydrogen-bond acceptors (Lipinski definition) is 3. The first kappa shape index (κ1) is 12.4. The van der Waals surface area contributed by atoms with Crippen molar-refractivity contribution in [1.82, 2.24) is 0 Å². The summed E-state index contributed by atoms with van der Waals surface area (Å²) >= 11 is 0. The van der Waals surface area contributed by atoms with Gasteiger partial charge in [-0.2, -0.15) is 0 Å². The van der Waals surface area contributed by atoms with Crippen LogP contribution < -0.4 is 0 Å². The molecule has 0 radical (unpaired) electrons. The number of aliphatic carboxylic acids is 1. The molecule has 16 heavy (non-hydrogen) atoms. The number of benzene rings is 1. The Bertz CT molecular complexity index is 502. The minimum absolute atomic E-state index is 0.0793. The Labute approximate surface area is 94.1 Å². The Hall–Kier alpha value is -1.62. The second kappa shape index (κ2) is 4.49. The number of carbonyl (C=O) groups is 1. The molecule has 86 valence electrons. The molecule has 0 aromatic heterocycles.